The summed E-state index contributed by atoms with van der Waals surface area (Å²) in [6.45, 7) is 0.557. The fourth-order valence-electron chi connectivity index (χ4n) is 1.66. The van der Waals surface area contributed by atoms with Crippen molar-refractivity contribution in [2.45, 2.75) is 6.54 Å². The number of benzene rings is 1. The largest absolute Gasteiger partial charge is 0.476 e. The molecule has 0 aliphatic heterocycles. The van der Waals surface area contributed by atoms with Crippen LogP contribution in [0.15, 0.2) is 35.2 Å². The minimum Gasteiger partial charge on any atom is -0.476 e. The Labute approximate surface area is 127 Å². The molecule has 2 aromatic rings. The van der Waals surface area contributed by atoms with Crippen LogP contribution in [0.2, 0.25) is 0 Å². The summed E-state index contributed by atoms with van der Waals surface area (Å²) in [6.07, 6.45) is 2.71. The molecule has 0 spiro atoms. The number of hydrogen-bond acceptors (Lipinski definition) is 3. The van der Waals surface area contributed by atoms with Crippen molar-refractivity contribution >= 4 is 27.8 Å². The van der Waals surface area contributed by atoms with Crippen molar-refractivity contribution in [3.8, 4) is 0 Å². The van der Waals surface area contributed by atoms with Gasteiger partial charge in [-0.3, -0.25) is 4.79 Å². The number of rotatable bonds is 5. The summed E-state index contributed by atoms with van der Waals surface area (Å²) in [5.74, 6) is -2.26. The van der Waals surface area contributed by atoms with Gasteiger partial charge < -0.3 is 15.0 Å². The lowest BCUT2D eigenvalue weighted by atomic mass is 10.2. The number of carbonyl (C=O) groups is 2. The number of aromatic carboxylic acids is 1. The van der Waals surface area contributed by atoms with E-state index in [-0.39, 0.29) is 17.8 Å². The maximum atomic E-state index is 13.5. The number of carboxylic acid groups (broad SMARTS) is 1. The van der Waals surface area contributed by atoms with Crippen molar-refractivity contribution in [3.63, 3.8) is 0 Å². The predicted molar refractivity (Wildman–Crippen MR) is 75.6 cm³/mol. The Hall–Kier alpha value is -2.22. The summed E-state index contributed by atoms with van der Waals surface area (Å²) in [5, 5.41) is 11.3. The van der Waals surface area contributed by atoms with Crippen LogP contribution in [-0.4, -0.2) is 33.1 Å². The molecule has 0 unspecified atom stereocenters. The number of carboxylic acids is 1. The van der Waals surface area contributed by atoms with Gasteiger partial charge in [0.1, 0.15) is 5.82 Å². The topological polar surface area (TPSA) is 84.2 Å². The van der Waals surface area contributed by atoms with Gasteiger partial charge in [-0.1, -0.05) is 15.9 Å². The van der Waals surface area contributed by atoms with Gasteiger partial charge in [-0.25, -0.2) is 14.2 Å². The molecule has 0 saturated carbocycles. The number of carbonyl (C=O) groups excluding carboxylic acids is 1. The first-order valence-electron chi connectivity index (χ1n) is 5.95. The van der Waals surface area contributed by atoms with Crippen molar-refractivity contribution < 1.29 is 19.1 Å². The number of imidazole rings is 1. The molecule has 0 atom stereocenters. The van der Waals surface area contributed by atoms with Crippen molar-refractivity contribution in [1.29, 1.82) is 0 Å². The Morgan fingerprint density at radius 3 is 2.86 bits per heavy atom. The smallest absolute Gasteiger partial charge is 0.356 e. The SMILES string of the molecule is O=C(O)c1cn(CCNC(=O)c2cc(Br)ccc2F)cn1. The average Bonchev–Trinajstić information content (AvgIpc) is 2.90. The van der Waals surface area contributed by atoms with Crippen LogP contribution in [0.3, 0.4) is 0 Å². The molecule has 0 aliphatic rings. The highest BCUT2D eigenvalue weighted by Gasteiger charge is 2.12. The molecule has 21 heavy (non-hydrogen) atoms. The molecule has 2 N–H and O–H groups in total. The molecule has 1 aromatic carbocycles. The standard InChI is InChI=1S/C13H11BrFN3O3/c14-8-1-2-10(15)9(5-8)12(19)16-3-4-18-6-11(13(20)21)17-7-18/h1-2,5-7H,3-4H2,(H,16,19)(H,20,21). The van der Waals surface area contributed by atoms with E-state index in [4.69, 9.17) is 5.11 Å². The van der Waals surface area contributed by atoms with Crippen molar-refractivity contribution in [3.05, 3.63) is 52.3 Å². The average molecular weight is 356 g/mol. The summed E-state index contributed by atoms with van der Waals surface area (Å²) in [6, 6.07) is 4.10. The number of halogens is 2. The molecular formula is C13H11BrFN3O3. The summed E-state index contributed by atoms with van der Waals surface area (Å²) in [5.41, 5.74) is -0.124. The molecule has 1 aromatic heterocycles. The minimum absolute atomic E-state index is 0.0544. The van der Waals surface area contributed by atoms with Crippen LogP contribution in [0.5, 0.6) is 0 Å². The lowest BCUT2D eigenvalue weighted by Gasteiger charge is -2.07. The zero-order valence-electron chi connectivity index (χ0n) is 10.7. The summed E-state index contributed by atoms with van der Waals surface area (Å²) in [7, 11) is 0. The van der Waals surface area contributed by atoms with Gasteiger partial charge in [0.05, 0.1) is 11.9 Å². The van der Waals surface area contributed by atoms with Crippen LogP contribution in [0.4, 0.5) is 4.39 Å². The lowest BCUT2D eigenvalue weighted by Crippen LogP contribution is -2.27. The van der Waals surface area contributed by atoms with E-state index < -0.39 is 17.7 Å². The highest BCUT2D eigenvalue weighted by Crippen LogP contribution is 2.15. The van der Waals surface area contributed by atoms with E-state index in [9.17, 15) is 14.0 Å². The Balaban J connectivity index is 1.92. The van der Waals surface area contributed by atoms with Crippen molar-refractivity contribution in [2.24, 2.45) is 0 Å². The summed E-state index contributed by atoms with van der Waals surface area (Å²) >= 11 is 3.17. The van der Waals surface area contributed by atoms with Gasteiger partial charge in [-0.15, -0.1) is 0 Å². The second kappa shape index (κ2) is 6.49. The number of nitrogens with one attached hydrogen (secondary N) is 1. The van der Waals surface area contributed by atoms with E-state index in [0.717, 1.165) is 0 Å². The minimum atomic E-state index is -1.12. The van der Waals surface area contributed by atoms with Crippen LogP contribution in [0.1, 0.15) is 20.8 Å². The number of amides is 1. The van der Waals surface area contributed by atoms with E-state index >= 15 is 0 Å². The normalized spacial score (nSPS) is 10.4. The van der Waals surface area contributed by atoms with Crippen LogP contribution in [0, 0.1) is 5.82 Å². The fourth-order valence-corrected chi connectivity index (χ4v) is 2.02. The maximum absolute atomic E-state index is 13.5. The van der Waals surface area contributed by atoms with Crippen molar-refractivity contribution in [2.75, 3.05) is 6.54 Å². The number of nitrogens with zero attached hydrogens (tertiary/aromatic N) is 2. The van der Waals surface area contributed by atoms with Gasteiger partial charge in [0.15, 0.2) is 5.69 Å². The highest BCUT2D eigenvalue weighted by atomic mass is 79.9. The molecule has 110 valence electrons. The maximum Gasteiger partial charge on any atom is 0.356 e. The van der Waals surface area contributed by atoms with Crippen LogP contribution >= 0.6 is 15.9 Å². The van der Waals surface area contributed by atoms with Gasteiger partial charge in [-0.05, 0) is 18.2 Å². The molecule has 0 bridgehead atoms. The third-order valence-electron chi connectivity index (χ3n) is 2.68. The fraction of sp³-hybridized carbons (Fsp3) is 0.154. The van der Waals surface area contributed by atoms with Crippen molar-refractivity contribution in [1.82, 2.24) is 14.9 Å². The molecule has 0 saturated heterocycles. The van der Waals surface area contributed by atoms with Gasteiger partial charge >= 0.3 is 5.97 Å². The Kier molecular flexibility index (Phi) is 4.69. The van der Waals surface area contributed by atoms with Gasteiger partial charge in [0.2, 0.25) is 0 Å². The molecule has 0 fully saturated rings. The van der Waals surface area contributed by atoms with Gasteiger partial charge in [-0.2, -0.15) is 0 Å². The molecule has 8 heteroatoms. The third-order valence-corrected chi connectivity index (χ3v) is 3.17. The second-order valence-electron chi connectivity index (χ2n) is 4.18. The van der Waals surface area contributed by atoms with E-state index in [2.05, 4.69) is 26.2 Å². The lowest BCUT2D eigenvalue weighted by molar-refractivity contribution is 0.0690. The molecule has 1 heterocycles. The van der Waals surface area contributed by atoms with E-state index in [1.807, 2.05) is 0 Å². The molecule has 0 radical (unpaired) electrons. The molecule has 2 rings (SSSR count). The Morgan fingerprint density at radius 2 is 2.19 bits per heavy atom. The summed E-state index contributed by atoms with van der Waals surface area (Å²) < 4.78 is 15.6. The van der Waals surface area contributed by atoms with Gasteiger partial charge in [0, 0.05) is 23.8 Å². The first-order valence-corrected chi connectivity index (χ1v) is 6.75. The van der Waals surface area contributed by atoms with E-state index in [0.29, 0.717) is 11.0 Å². The molecule has 1 amide bonds. The number of hydrogen-bond donors (Lipinski definition) is 2. The second-order valence-corrected chi connectivity index (χ2v) is 5.10. The van der Waals surface area contributed by atoms with Crippen LogP contribution < -0.4 is 5.32 Å². The Morgan fingerprint density at radius 1 is 1.43 bits per heavy atom. The zero-order chi connectivity index (χ0) is 15.4. The third kappa shape index (κ3) is 3.88. The Bertz CT molecular complexity index is 687. The molecular weight excluding hydrogens is 345 g/mol. The first-order chi connectivity index (χ1) is 9.97. The van der Waals surface area contributed by atoms with Crippen LogP contribution in [-0.2, 0) is 6.54 Å². The van der Waals surface area contributed by atoms with Crippen LogP contribution in [0.25, 0.3) is 0 Å². The predicted octanol–water partition coefficient (Wildman–Crippen LogP) is 1.91. The number of aromatic nitrogens is 2. The monoisotopic (exact) mass is 355 g/mol. The van der Waals surface area contributed by atoms with Gasteiger partial charge in [0.25, 0.3) is 5.91 Å². The molecule has 0 aliphatic carbocycles. The summed E-state index contributed by atoms with van der Waals surface area (Å²) in [4.78, 5) is 26.2. The molecule has 6 nitrogen and oxygen atoms in total. The van der Waals surface area contributed by atoms with E-state index in [1.54, 1.807) is 0 Å². The quantitative estimate of drug-likeness (QED) is 0.857. The first kappa shape index (κ1) is 15.2. The highest BCUT2D eigenvalue weighted by molar-refractivity contribution is 9.10. The zero-order valence-corrected chi connectivity index (χ0v) is 12.3. The van der Waals surface area contributed by atoms with E-state index in [1.165, 1.54) is 35.3 Å².